The van der Waals surface area contributed by atoms with Gasteiger partial charge >= 0.3 is 0 Å². The number of fused-ring (bicyclic) bond motifs is 1. The monoisotopic (exact) mass is 298 g/mol. The highest BCUT2D eigenvalue weighted by Gasteiger charge is 2.09. The van der Waals surface area contributed by atoms with Crippen LogP contribution in [-0.2, 0) is 0 Å². The number of nitrogens with zero attached hydrogens (tertiary/aromatic N) is 3. The third kappa shape index (κ3) is 2.62. The molecule has 0 unspecified atom stereocenters. The molecule has 6 heteroatoms. The molecular formula is C15H8ClFN4. The van der Waals surface area contributed by atoms with Gasteiger partial charge in [0.2, 0.25) is 5.28 Å². The van der Waals surface area contributed by atoms with Crippen LogP contribution in [-0.4, -0.2) is 9.97 Å². The SMILES string of the molecule is N#Cc1ccc(Nc2nc(Cl)nc3ccccc23)c(F)c1. The van der Waals surface area contributed by atoms with Gasteiger partial charge in [-0.1, -0.05) is 12.1 Å². The van der Waals surface area contributed by atoms with Crippen LogP contribution in [0.3, 0.4) is 0 Å². The van der Waals surface area contributed by atoms with Gasteiger partial charge in [-0.3, -0.25) is 0 Å². The summed E-state index contributed by atoms with van der Waals surface area (Å²) in [6.45, 7) is 0. The summed E-state index contributed by atoms with van der Waals surface area (Å²) in [5.74, 6) is -0.123. The largest absolute Gasteiger partial charge is 0.337 e. The van der Waals surface area contributed by atoms with Crippen LogP contribution in [0.1, 0.15) is 5.56 Å². The van der Waals surface area contributed by atoms with Crippen LogP contribution in [0.25, 0.3) is 10.9 Å². The Hall–Kier alpha value is -2.71. The van der Waals surface area contributed by atoms with E-state index in [2.05, 4.69) is 15.3 Å². The Morgan fingerprint density at radius 3 is 2.71 bits per heavy atom. The number of nitrogens with one attached hydrogen (secondary N) is 1. The third-order valence-corrected chi connectivity index (χ3v) is 3.10. The molecule has 0 bridgehead atoms. The lowest BCUT2D eigenvalue weighted by Crippen LogP contribution is -1.99. The van der Waals surface area contributed by atoms with Crippen LogP contribution in [0.2, 0.25) is 5.28 Å². The first-order chi connectivity index (χ1) is 10.2. The Bertz CT molecular complexity index is 873. The van der Waals surface area contributed by atoms with Gasteiger partial charge in [-0.15, -0.1) is 0 Å². The molecule has 1 heterocycles. The van der Waals surface area contributed by atoms with Crippen LogP contribution in [0.4, 0.5) is 15.9 Å². The summed E-state index contributed by atoms with van der Waals surface area (Å²) in [6, 6.07) is 13.3. The highest BCUT2D eigenvalue weighted by molar-refractivity contribution is 6.28. The molecule has 102 valence electrons. The lowest BCUT2D eigenvalue weighted by Gasteiger charge is -2.10. The van der Waals surface area contributed by atoms with Crippen molar-refractivity contribution in [3.8, 4) is 6.07 Å². The number of aromatic nitrogens is 2. The fourth-order valence-electron chi connectivity index (χ4n) is 1.96. The maximum atomic E-state index is 13.9. The molecule has 1 aromatic heterocycles. The van der Waals surface area contributed by atoms with Gasteiger partial charge in [0.1, 0.15) is 11.6 Å². The number of nitriles is 1. The van der Waals surface area contributed by atoms with E-state index in [-0.39, 0.29) is 16.5 Å². The quantitative estimate of drug-likeness (QED) is 0.725. The molecule has 2 aromatic carbocycles. The van der Waals surface area contributed by atoms with E-state index >= 15 is 0 Å². The number of benzene rings is 2. The van der Waals surface area contributed by atoms with Crippen LogP contribution < -0.4 is 5.32 Å². The molecule has 0 aliphatic rings. The summed E-state index contributed by atoms with van der Waals surface area (Å²) in [7, 11) is 0. The van der Waals surface area contributed by atoms with E-state index in [0.29, 0.717) is 11.3 Å². The van der Waals surface area contributed by atoms with E-state index in [1.807, 2.05) is 24.3 Å². The molecular weight excluding hydrogens is 291 g/mol. The molecule has 21 heavy (non-hydrogen) atoms. The van der Waals surface area contributed by atoms with E-state index in [9.17, 15) is 4.39 Å². The molecule has 0 fully saturated rings. The Morgan fingerprint density at radius 2 is 1.95 bits per heavy atom. The smallest absolute Gasteiger partial charge is 0.224 e. The van der Waals surface area contributed by atoms with Crippen molar-refractivity contribution >= 4 is 34.0 Å². The molecule has 0 saturated heterocycles. The zero-order chi connectivity index (χ0) is 14.8. The van der Waals surface area contributed by atoms with Gasteiger partial charge in [0, 0.05) is 5.39 Å². The predicted molar refractivity (Wildman–Crippen MR) is 78.9 cm³/mol. The summed E-state index contributed by atoms with van der Waals surface area (Å²) in [6.07, 6.45) is 0. The van der Waals surface area contributed by atoms with Crippen LogP contribution in [0, 0.1) is 17.1 Å². The minimum atomic E-state index is -0.534. The number of rotatable bonds is 2. The van der Waals surface area contributed by atoms with Gasteiger partial charge in [0.05, 0.1) is 22.8 Å². The summed E-state index contributed by atoms with van der Waals surface area (Å²) >= 11 is 5.88. The average Bonchev–Trinajstić information content (AvgIpc) is 2.49. The Kier molecular flexibility index (Phi) is 3.38. The van der Waals surface area contributed by atoms with Crippen LogP contribution in [0.15, 0.2) is 42.5 Å². The first-order valence-electron chi connectivity index (χ1n) is 6.06. The first kappa shape index (κ1) is 13.3. The molecule has 0 spiro atoms. The number of anilines is 2. The highest BCUT2D eigenvalue weighted by atomic mass is 35.5. The van der Waals surface area contributed by atoms with E-state index in [4.69, 9.17) is 16.9 Å². The van der Waals surface area contributed by atoms with Gasteiger partial charge in [0.25, 0.3) is 0 Å². The molecule has 0 atom stereocenters. The van der Waals surface area contributed by atoms with Crippen molar-refractivity contribution in [1.82, 2.24) is 9.97 Å². The number of hydrogen-bond donors (Lipinski definition) is 1. The Morgan fingerprint density at radius 1 is 1.14 bits per heavy atom. The second-order valence-corrected chi connectivity index (χ2v) is 4.63. The van der Waals surface area contributed by atoms with Crippen molar-refractivity contribution in [2.45, 2.75) is 0 Å². The Balaban J connectivity index is 2.08. The normalized spacial score (nSPS) is 10.3. The van der Waals surface area contributed by atoms with Crippen molar-refractivity contribution in [1.29, 1.82) is 5.26 Å². The van der Waals surface area contributed by atoms with E-state index < -0.39 is 5.82 Å². The zero-order valence-electron chi connectivity index (χ0n) is 10.6. The van der Waals surface area contributed by atoms with Crippen LogP contribution in [0.5, 0.6) is 0 Å². The van der Waals surface area contributed by atoms with Crippen LogP contribution >= 0.6 is 11.6 Å². The lowest BCUT2D eigenvalue weighted by molar-refractivity contribution is 0.631. The molecule has 0 radical (unpaired) electrons. The predicted octanol–water partition coefficient (Wildman–Crippen LogP) is 4.04. The number of halogens is 2. The molecule has 0 amide bonds. The number of para-hydroxylation sites is 1. The lowest BCUT2D eigenvalue weighted by atomic mass is 10.2. The minimum Gasteiger partial charge on any atom is -0.337 e. The molecule has 0 aliphatic carbocycles. The molecule has 3 aromatic rings. The maximum absolute atomic E-state index is 13.9. The molecule has 1 N–H and O–H groups in total. The van der Waals surface area contributed by atoms with Gasteiger partial charge in [-0.25, -0.2) is 9.37 Å². The molecule has 3 rings (SSSR count). The summed E-state index contributed by atoms with van der Waals surface area (Å²) in [5, 5.41) is 12.4. The number of hydrogen-bond acceptors (Lipinski definition) is 4. The fraction of sp³-hybridized carbons (Fsp3) is 0. The summed E-state index contributed by atoms with van der Waals surface area (Å²) < 4.78 is 13.9. The standard InChI is InChI=1S/C15H8ClFN4/c16-15-20-12-4-2-1-3-10(12)14(21-15)19-13-6-5-9(8-18)7-11(13)17/h1-7H,(H,19,20,21). The second kappa shape index (κ2) is 5.35. The topological polar surface area (TPSA) is 61.6 Å². The zero-order valence-corrected chi connectivity index (χ0v) is 11.4. The molecule has 0 aliphatic heterocycles. The van der Waals surface area contributed by atoms with E-state index in [1.54, 1.807) is 6.07 Å². The summed E-state index contributed by atoms with van der Waals surface area (Å²) in [5.41, 5.74) is 1.13. The first-order valence-corrected chi connectivity index (χ1v) is 6.44. The van der Waals surface area contributed by atoms with Crippen molar-refractivity contribution in [3.05, 3.63) is 59.1 Å². The van der Waals surface area contributed by atoms with E-state index in [0.717, 1.165) is 11.5 Å². The van der Waals surface area contributed by atoms with Gasteiger partial charge in [-0.2, -0.15) is 10.2 Å². The molecule has 4 nitrogen and oxygen atoms in total. The maximum Gasteiger partial charge on any atom is 0.224 e. The van der Waals surface area contributed by atoms with E-state index in [1.165, 1.54) is 12.1 Å². The van der Waals surface area contributed by atoms with Gasteiger partial charge in [-0.05, 0) is 41.9 Å². The third-order valence-electron chi connectivity index (χ3n) is 2.93. The second-order valence-electron chi connectivity index (χ2n) is 4.29. The van der Waals surface area contributed by atoms with Crippen molar-refractivity contribution in [3.63, 3.8) is 0 Å². The van der Waals surface area contributed by atoms with Crippen molar-refractivity contribution in [2.75, 3.05) is 5.32 Å². The fourth-order valence-corrected chi connectivity index (χ4v) is 2.13. The molecule has 0 saturated carbocycles. The van der Waals surface area contributed by atoms with Crippen molar-refractivity contribution in [2.24, 2.45) is 0 Å². The average molecular weight is 299 g/mol. The Labute approximate surface area is 124 Å². The highest BCUT2D eigenvalue weighted by Crippen LogP contribution is 2.26. The van der Waals surface area contributed by atoms with Crippen molar-refractivity contribution < 1.29 is 4.39 Å². The van der Waals surface area contributed by atoms with Gasteiger partial charge < -0.3 is 5.32 Å². The van der Waals surface area contributed by atoms with Gasteiger partial charge in [0.15, 0.2) is 0 Å². The minimum absolute atomic E-state index is 0.0743. The summed E-state index contributed by atoms with van der Waals surface area (Å²) in [4.78, 5) is 8.20.